The maximum absolute atomic E-state index is 10.8. The Morgan fingerprint density at radius 2 is 2.23 bits per heavy atom. The molecule has 7 heteroatoms. The number of carbonyl (C=O) groups excluding carboxylic acids is 1. The van der Waals surface area contributed by atoms with Gasteiger partial charge in [-0.1, -0.05) is 0 Å². The molecule has 1 heterocycles. The lowest BCUT2D eigenvalue weighted by Crippen LogP contribution is -2.36. The Morgan fingerprint density at radius 1 is 1.62 bits per heavy atom. The number of rotatable bonds is 3. The maximum Gasteiger partial charge on any atom is 0.234 e. The van der Waals surface area contributed by atoms with Crippen LogP contribution in [-0.4, -0.2) is 39.2 Å². The van der Waals surface area contributed by atoms with E-state index in [-0.39, 0.29) is 6.04 Å². The third kappa shape index (κ3) is 3.29. The van der Waals surface area contributed by atoms with Gasteiger partial charge in [0.05, 0.1) is 12.3 Å². The van der Waals surface area contributed by atoms with Crippen LogP contribution in [0.1, 0.15) is 6.42 Å². The zero-order chi connectivity index (χ0) is 10.1. The number of primary amides is 1. The van der Waals surface area contributed by atoms with Crippen molar-refractivity contribution in [3.8, 4) is 0 Å². The third-order valence-corrected chi connectivity index (χ3v) is 2.62. The molecule has 0 aromatic carbocycles. The molecule has 0 saturated carbocycles. The highest BCUT2D eigenvalue weighted by molar-refractivity contribution is 7.88. The Kier molecular flexibility index (Phi) is 2.89. The fourth-order valence-corrected chi connectivity index (χ4v) is 2.13. The van der Waals surface area contributed by atoms with Crippen LogP contribution in [0.25, 0.3) is 0 Å². The summed E-state index contributed by atoms with van der Waals surface area (Å²) in [5.74, 6) is -0.446. The van der Waals surface area contributed by atoms with Crippen molar-refractivity contribution in [3.63, 3.8) is 0 Å². The first-order valence-corrected chi connectivity index (χ1v) is 5.77. The van der Waals surface area contributed by atoms with Crippen LogP contribution < -0.4 is 15.8 Å². The topological polar surface area (TPSA) is 101 Å². The van der Waals surface area contributed by atoms with Crippen molar-refractivity contribution in [2.24, 2.45) is 5.73 Å². The Balaban J connectivity index is 2.47. The summed E-state index contributed by atoms with van der Waals surface area (Å²) in [6.45, 7) is 0.445. The van der Waals surface area contributed by atoms with Gasteiger partial charge in [-0.05, 0) is 6.42 Å². The largest absolute Gasteiger partial charge is 0.368 e. The number of hydrogen-bond donors (Lipinski definition) is 3. The van der Waals surface area contributed by atoms with E-state index in [0.717, 1.165) is 6.26 Å². The summed E-state index contributed by atoms with van der Waals surface area (Å²) < 4.78 is 24.0. The van der Waals surface area contributed by atoms with Crippen LogP contribution in [0, 0.1) is 0 Å². The summed E-state index contributed by atoms with van der Waals surface area (Å²) in [5.41, 5.74) is 5.05. The van der Waals surface area contributed by atoms with Gasteiger partial charge in [0, 0.05) is 12.6 Å². The number of hydrogen-bond acceptors (Lipinski definition) is 4. The standard InChI is InChI=1S/C6H13N3O3S/c1-13(11,12)9-4-2-5(6(7)10)8-3-4/h4-5,8-9H,2-3H2,1H3,(H2,7,10). The predicted molar refractivity (Wildman–Crippen MR) is 47.4 cm³/mol. The summed E-state index contributed by atoms with van der Waals surface area (Å²) in [6.07, 6.45) is 1.51. The average Bonchev–Trinajstić information content (AvgIpc) is 2.31. The molecule has 1 saturated heterocycles. The molecule has 1 rings (SSSR count). The van der Waals surface area contributed by atoms with Crippen LogP contribution in [0.15, 0.2) is 0 Å². The van der Waals surface area contributed by atoms with Crippen molar-refractivity contribution in [1.29, 1.82) is 0 Å². The van der Waals surface area contributed by atoms with E-state index in [0.29, 0.717) is 13.0 Å². The minimum atomic E-state index is -3.20. The van der Waals surface area contributed by atoms with Crippen LogP contribution in [-0.2, 0) is 14.8 Å². The lowest BCUT2D eigenvalue weighted by molar-refractivity contribution is -0.119. The highest BCUT2D eigenvalue weighted by Crippen LogP contribution is 2.06. The van der Waals surface area contributed by atoms with Crippen molar-refractivity contribution in [3.05, 3.63) is 0 Å². The number of amides is 1. The van der Waals surface area contributed by atoms with E-state index in [4.69, 9.17) is 5.73 Å². The molecule has 0 aliphatic carbocycles. The molecule has 0 radical (unpaired) electrons. The molecule has 6 nitrogen and oxygen atoms in total. The molecule has 2 unspecified atom stereocenters. The smallest absolute Gasteiger partial charge is 0.234 e. The van der Waals surface area contributed by atoms with Gasteiger partial charge in [-0.2, -0.15) is 0 Å². The fourth-order valence-electron chi connectivity index (χ4n) is 1.34. The van der Waals surface area contributed by atoms with Crippen molar-refractivity contribution >= 4 is 15.9 Å². The van der Waals surface area contributed by atoms with Crippen LogP contribution in [0.4, 0.5) is 0 Å². The van der Waals surface area contributed by atoms with Gasteiger partial charge in [0.2, 0.25) is 15.9 Å². The third-order valence-electron chi connectivity index (χ3n) is 1.86. The minimum absolute atomic E-state index is 0.229. The van der Waals surface area contributed by atoms with Crippen molar-refractivity contribution < 1.29 is 13.2 Å². The highest BCUT2D eigenvalue weighted by Gasteiger charge is 2.29. The SMILES string of the molecule is CS(=O)(=O)NC1CNC(C(N)=O)C1. The first-order valence-electron chi connectivity index (χ1n) is 3.88. The molecule has 1 amide bonds. The van der Waals surface area contributed by atoms with Gasteiger partial charge in [-0.15, -0.1) is 0 Å². The molecule has 0 aromatic rings. The number of nitrogens with one attached hydrogen (secondary N) is 2. The summed E-state index contributed by atoms with van der Waals surface area (Å²) in [7, 11) is -3.20. The van der Waals surface area contributed by atoms with Crippen molar-refractivity contribution in [1.82, 2.24) is 10.0 Å². The lowest BCUT2D eigenvalue weighted by atomic mass is 10.2. The number of sulfonamides is 1. The molecule has 1 aliphatic heterocycles. The number of carbonyl (C=O) groups is 1. The Bertz CT molecular complexity index is 300. The molecular formula is C6H13N3O3S. The summed E-state index contributed by atoms with van der Waals surface area (Å²) in [5, 5.41) is 2.83. The Labute approximate surface area is 76.9 Å². The normalized spacial score (nSPS) is 29.0. The van der Waals surface area contributed by atoms with Gasteiger partial charge >= 0.3 is 0 Å². The molecule has 4 N–H and O–H groups in total. The van der Waals surface area contributed by atoms with Crippen LogP contribution >= 0.6 is 0 Å². The maximum atomic E-state index is 10.8. The van der Waals surface area contributed by atoms with Gasteiger partial charge in [0.1, 0.15) is 0 Å². The summed E-state index contributed by atoms with van der Waals surface area (Å²) >= 11 is 0. The molecule has 1 fully saturated rings. The van der Waals surface area contributed by atoms with E-state index in [1.165, 1.54) is 0 Å². The van der Waals surface area contributed by atoms with Gasteiger partial charge in [0.25, 0.3) is 0 Å². The fraction of sp³-hybridized carbons (Fsp3) is 0.833. The summed E-state index contributed by atoms with van der Waals surface area (Å²) in [4.78, 5) is 10.7. The van der Waals surface area contributed by atoms with Crippen LogP contribution in [0.5, 0.6) is 0 Å². The molecular weight excluding hydrogens is 194 g/mol. The molecule has 13 heavy (non-hydrogen) atoms. The average molecular weight is 207 g/mol. The molecule has 1 aliphatic rings. The lowest BCUT2D eigenvalue weighted by Gasteiger charge is -2.08. The molecule has 0 aromatic heterocycles. The molecule has 0 bridgehead atoms. The van der Waals surface area contributed by atoms with E-state index < -0.39 is 22.0 Å². The van der Waals surface area contributed by atoms with Gasteiger partial charge < -0.3 is 11.1 Å². The second kappa shape index (κ2) is 3.60. The predicted octanol–water partition coefficient (Wildman–Crippen LogP) is -2.25. The summed E-state index contributed by atoms with van der Waals surface area (Å²) in [6, 6.07) is -0.647. The number of nitrogens with two attached hydrogens (primary N) is 1. The van der Waals surface area contributed by atoms with Crippen molar-refractivity contribution in [2.75, 3.05) is 12.8 Å². The second-order valence-corrected chi connectivity index (χ2v) is 4.97. The Hall–Kier alpha value is -0.660. The van der Waals surface area contributed by atoms with Gasteiger partial charge in [-0.25, -0.2) is 13.1 Å². The first kappa shape index (κ1) is 10.4. The second-order valence-electron chi connectivity index (χ2n) is 3.19. The quantitative estimate of drug-likeness (QED) is 0.486. The van der Waals surface area contributed by atoms with Crippen LogP contribution in [0.3, 0.4) is 0 Å². The zero-order valence-electron chi connectivity index (χ0n) is 7.28. The Morgan fingerprint density at radius 3 is 2.62 bits per heavy atom. The monoisotopic (exact) mass is 207 g/mol. The van der Waals surface area contributed by atoms with Gasteiger partial charge in [0.15, 0.2) is 0 Å². The minimum Gasteiger partial charge on any atom is -0.368 e. The molecule has 0 spiro atoms. The van der Waals surface area contributed by atoms with Gasteiger partial charge in [-0.3, -0.25) is 4.79 Å². The van der Waals surface area contributed by atoms with E-state index in [1.54, 1.807) is 0 Å². The van der Waals surface area contributed by atoms with E-state index in [1.807, 2.05) is 0 Å². The molecule has 76 valence electrons. The van der Waals surface area contributed by atoms with Crippen molar-refractivity contribution in [2.45, 2.75) is 18.5 Å². The van der Waals surface area contributed by atoms with E-state index in [9.17, 15) is 13.2 Å². The van der Waals surface area contributed by atoms with E-state index in [2.05, 4.69) is 10.0 Å². The highest BCUT2D eigenvalue weighted by atomic mass is 32.2. The molecule has 2 atom stereocenters. The van der Waals surface area contributed by atoms with Crippen LogP contribution in [0.2, 0.25) is 0 Å². The van der Waals surface area contributed by atoms with E-state index >= 15 is 0 Å². The first-order chi connectivity index (χ1) is 5.88. The zero-order valence-corrected chi connectivity index (χ0v) is 8.10.